The van der Waals surface area contributed by atoms with Gasteiger partial charge in [-0.3, -0.25) is 9.80 Å². The molecule has 0 aliphatic rings. The van der Waals surface area contributed by atoms with Gasteiger partial charge >= 0.3 is 0 Å². The van der Waals surface area contributed by atoms with Gasteiger partial charge in [-0.25, -0.2) is 10.4 Å². The van der Waals surface area contributed by atoms with E-state index in [-0.39, 0.29) is 17.7 Å². The molecule has 0 aliphatic heterocycles. The van der Waals surface area contributed by atoms with E-state index < -0.39 is 0 Å². The molecule has 1 heterocycles. The first-order valence-electron chi connectivity index (χ1n) is 11.2. The minimum Gasteiger partial charge on any atom is -0.330 e. The number of imidazole rings is 1. The number of hydrogen-bond donors (Lipinski definition) is 1. The Kier molecular flexibility index (Phi) is 9.05. The number of hydrogen-bond acceptors (Lipinski definition) is 4. The second kappa shape index (κ2) is 12.2. The van der Waals surface area contributed by atoms with Gasteiger partial charge in [0.25, 0.3) is 0 Å². The predicted molar refractivity (Wildman–Crippen MR) is 130 cm³/mol. The lowest BCUT2D eigenvalue weighted by molar-refractivity contribution is -0.134. The van der Waals surface area contributed by atoms with Crippen molar-refractivity contribution in [1.29, 1.82) is 5.26 Å². The van der Waals surface area contributed by atoms with Crippen molar-refractivity contribution in [3.8, 4) is 6.07 Å². The van der Waals surface area contributed by atoms with Crippen molar-refractivity contribution in [3.63, 3.8) is 0 Å². The topological polar surface area (TPSA) is 74.0 Å². The van der Waals surface area contributed by atoms with Crippen LogP contribution in [0.15, 0.2) is 67.1 Å². The molecule has 33 heavy (non-hydrogen) atoms. The molecule has 1 aromatic heterocycles. The number of rotatable bonds is 11. The van der Waals surface area contributed by atoms with Crippen molar-refractivity contribution in [2.24, 2.45) is 5.92 Å². The Labute approximate surface area is 200 Å². The predicted octanol–water partition coefficient (Wildman–Crippen LogP) is 4.53. The third-order valence-electron chi connectivity index (χ3n) is 5.74. The molecule has 6 nitrogen and oxygen atoms in total. The van der Waals surface area contributed by atoms with Gasteiger partial charge in [0.05, 0.1) is 30.9 Å². The molecule has 172 valence electrons. The number of alkyl halides is 1. The summed E-state index contributed by atoms with van der Waals surface area (Å²) >= 11 is 6.20. The quantitative estimate of drug-likeness (QED) is 0.335. The highest BCUT2D eigenvalue weighted by atomic mass is 35.5. The number of carbonyl (C=O) groups excluding carboxylic acids is 1. The summed E-state index contributed by atoms with van der Waals surface area (Å²) in [5.41, 5.74) is 6.88. The van der Waals surface area contributed by atoms with E-state index in [4.69, 9.17) is 16.9 Å². The summed E-state index contributed by atoms with van der Waals surface area (Å²) in [5, 5.41) is 10.8. The fourth-order valence-electron chi connectivity index (χ4n) is 3.42. The van der Waals surface area contributed by atoms with Gasteiger partial charge in [-0.1, -0.05) is 49.4 Å². The molecular weight excluding hydrogens is 434 g/mol. The van der Waals surface area contributed by atoms with Gasteiger partial charge in [0.1, 0.15) is 0 Å². The molecule has 3 rings (SSSR count). The number of aromatic nitrogens is 2. The molecule has 0 saturated heterocycles. The Bertz CT molecular complexity index is 1060. The van der Waals surface area contributed by atoms with Crippen LogP contribution in [0.5, 0.6) is 0 Å². The zero-order chi connectivity index (χ0) is 23.6. The average molecular weight is 464 g/mol. The van der Waals surface area contributed by atoms with E-state index in [9.17, 15) is 4.79 Å². The van der Waals surface area contributed by atoms with Gasteiger partial charge in [-0.2, -0.15) is 5.26 Å². The second-order valence-corrected chi connectivity index (χ2v) is 9.00. The molecular formula is C26H30ClN5O. The largest absolute Gasteiger partial charge is 0.330 e. The lowest BCUT2D eigenvalue weighted by Gasteiger charge is -2.25. The minimum absolute atomic E-state index is 0.0213. The van der Waals surface area contributed by atoms with Crippen molar-refractivity contribution in [2.75, 3.05) is 6.54 Å². The van der Waals surface area contributed by atoms with Crippen LogP contribution in [0.2, 0.25) is 0 Å². The third-order valence-corrected chi connectivity index (χ3v) is 6.17. The maximum atomic E-state index is 13.3. The Morgan fingerprint density at radius 3 is 2.55 bits per heavy atom. The molecule has 2 aromatic carbocycles. The van der Waals surface area contributed by atoms with Gasteiger partial charge < -0.3 is 4.57 Å². The van der Waals surface area contributed by atoms with Gasteiger partial charge in [-0.05, 0) is 42.5 Å². The van der Waals surface area contributed by atoms with Crippen LogP contribution >= 0.6 is 11.6 Å². The van der Waals surface area contributed by atoms with Crippen molar-refractivity contribution >= 4 is 17.5 Å². The summed E-state index contributed by atoms with van der Waals surface area (Å²) in [5.74, 6) is 0.328. The van der Waals surface area contributed by atoms with E-state index in [1.165, 1.54) is 0 Å². The van der Waals surface area contributed by atoms with Gasteiger partial charge in [0.15, 0.2) is 0 Å². The van der Waals surface area contributed by atoms with E-state index in [2.05, 4.69) is 23.4 Å². The Hall–Kier alpha value is -3.14. The summed E-state index contributed by atoms with van der Waals surface area (Å²) in [4.78, 5) is 17.5. The number of nitriles is 1. The number of nitrogens with one attached hydrogen (secondary N) is 1. The van der Waals surface area contributed by atoms with Crippen LogP contribution in [0, 0.1) is 17.2 Å². The summed E-state index contributed by atoms with van der Waals surface area (Å²) in [6.45, 7) is 5.85. The lowest BCUT2D eigenvalue weighted by atomic mass is 10.1. The first kappa shape index (κ1) is 24.5. The molecule has 0 radical (unpaired) electrons. The SMILES string of the molecule is CC(Cl)[C@@H](C)CCNN(Cc1ccccc1)C(=O)Cc1cncn1Cc1ccc(C#N)cc1. The number of halogens is 1. The number of carbonyl (C=O) groups is 1. The summed E-state index contributed by atoms with van der Waals surface area (Å²) in [6, 6.07) is 19.5. The van der Waals surface area contributed by atoms with Crippen LogP contribution in [-0.4, -0.2) is 32.4 Å². The second-order valence-electron chi connectivity index (χ2n) is 8.32. The maximum absolute atomic E-state index is 13.3. The first-order valence-corrected chi connectivity index (χ1v) is 11.6. The zero-order valence-corrected chi connectivity index (χ0v) is 19.9. The third kappa shape index (κ3) is 7.45. The molecule has 7 heteroatoms. The van der Waals surface area contributed by atoms with E-state index in [1.54, 1.807) is 29.7 Å². The van der Waals surface area contributed by atoms with Crippen LogP contribution in [0.25, 0.3) is 0 Å². The number of hydrazine groups is 1. The van der Waals surface area contributed by atoms with E-state index >= 15 is 0 Å². The Morgan fingerprint density at radius 2 is 1.88 bits per heavy atom. The molecule has 1 amide bonds. The normalized spacial score (nSPS) is 12.7. The van der Waals surface area contributed by atoms with Crippen LogP contribution in [-0.2, 0) is 24.3 Å². The monoisotopic (exact) mass is 463 g/mol. The average Bonchev–Trinajstić information content (AvgIpc) is 3.25. The summed E-state index contributed by atoms with van der Waals surface area (Å²) in [6.07, 6.45) is 4.58. The maximum Gasteiger partial charge on any atom is 0.242 e. The van der Waals surface area contributed by atoms with Crippen LogP contribution < -0.4 is 5.43 Å². The van der Waals surface area contributed by atoms with Crippen molar-refractivity contribution in [3.05, 3.63) is 89.5 Å². The van der Waals surface area contributed by atoms with Gasteiger partial charge in [-0.15, -0.1) is 11.6 Å². The van der Waals surface area contributed by atoms with E-state index in [0.29, 0.717) is 31.1 Å². The standard InChI is InChI=1S/C26H30ClN5O/c1-20(21(2)27)12-13-30-32(18-23-6-4-3-5-7-23)26(33)14-25-16-29-19-31(25)17-24-10-8-22(15-28)9-11-24/h3-11,16,19-21,30H,12-14,17-18H2,1-2H3/t20-,21?/m0/s1. The smallest absolute Gasteiger partial charge is 0.242 e. The highest BCUT2D eigenvalue weighted by Gasteiger charge is 2.18. The molecule has 0 aliphatic carbocycles. The fraction of sp³-hybridized carbons (Fsp3) is 0.346. The highest BCUT2D eigenvalue weighted by Crippen LogP contribution is 2.14. The molecule has 0 fully saturated rings. The highest BCUT2D eigenvalue weighted by molar-refractivity contribution is 6.20. The van der Waals surface area contributed by atoms with Crippen LogP contribution in [0.4, 0.5) is 0 Å². The van der Waals surface area contributed by atoms with Crippen LogP contribution in [0.1, 0.15) is 42.7 Å². The molecule has 0 saturated carbocycles. The minimum atomic E-state index is -0.0213. The molecule has 1 unspecified atom stereocenters. The van der Waals surface area contributed by atoms with Crippen molar-refractivity contribution < 1.29 is 4.79 Å². The number of benzene rings is 2. The number of amides is 1. The molecule has 2 atom stereocenters. The molecule has 3 aromatic rings. The Morgan fingerprint density at radius 1 is 1.15 bits per heavy atom. The Balaban J connectivity index is 1.68. The van der Waals surface area contributed by atoms with Crippen LogP contribution in [0.3, 0.4) is 0 Å². The summed E-state index contributed by atoms with van der Waals surface area (Å²) < 4.78 is 1.97. The van der Waals surface area contributed by atoms with E-state index in [1.807, 2.05) is 54.0 Å². The van der Waals surface area contributed by atoms with Crippen molar-refractivity contribution in [1.82, 2.24) is 20.0 Å². The molecule has 1 N–H and O–H groups in total. The molecule has 0 spiro atoms. The summed E-state index contributed by atoms with van der Waals surface area (Å²) in [7, 11) is 0. The molecule has 0 bridgehead atoms. The number of nitrogens with zero attached hydrogens (tertiary/aromatic N) is 4. The van der Waals surface area contributed by atoms with Gasteiger partial charge in [0.2, 0.25) is 5.91 Å². The van der Waals surface area contributed by atoms with Crippen molar-refractivity contribution in [2.45, 2.75) is 45.2 Å². The van der Waals surface area contributed by atoms with Gasteiger partial charge in [0, 0.05) is 30.4 Å². The first-order chi connectivity index (χ1) is 16.0. The zero-order valence-electron chi connectivity index (χ0n) is 19.1. The van der Waals surface area contributed by atoms with E-state index in [0.717, 1.165) is 23.2 Å². The lowest BCUT2D eigenvalue weighted by Crippen LogP contribution is -2.44. The fourth-order valence-corrected chi connectivity index (χ4v) is 3.55.